The van der Waals surface area contributed by atoms with Gasteiger partial charge in [0.05, 0.1) is 18.8 Å². The van der Waals surface area contributed by atoms with Gasteiger partial charge in [-0.3, -0.25) is 14.5 Å². The third kappa shape index (κ3) is 5.65. The Morgan fingerprint density at radius 1 is 1.20 bits per heavy atom. The summed E-state index contributed by atoms with van der Waals surface area (Å²) < 4.78 is 25.1. The zero-order chi connectivity index (χ0) is 24.9. The van der Waals surface area contributed by atoms with E-state index in [1.165, 1.54) is 25.0 Å². The Morgan fingerprint density at radius 2 is 1.91 bits per heavy atom. The maximum absolute atomic E-state index is 15.0. The van der Waals surface area contributed by atoms with Crippen LogP contribution in [0, 0.1) is 5.82 Å². The smallest absolute Gasteiger partial charge is 0.414 e. The van der Waals surface area contributed by atoms with Crippen LogP contribution in [0.3, 0.4) is 0 Å². The Labute approximate surface area is 201 Å². The number of nitrogens with one attached hydrogen (secondary N) is 1. The lowest BCUT2D eigenvalue weighted by Crippen LogP contribution is -2.50. The van der Waals surface area contributed by atoms with Crippen LogP contribution < -0.4 is 15.1 Å². The predicted octanol–water partition coefficient (Wildman–Crippen LogP) is 1.04. The standard InChI is InChI=1S/C23H27FN6O5/c1-15(31)25-12-18-13-30(23(33)35-18)17-3-4-19(20(24)9-17)16-10-26-22(27-11-16)29-7-5-28(6-8-29)21(32)14-34-2/h3-4,9-11,18H,5-8,12-14H2,1-2H3,(H,25,31)/t18-/m0/s1. The minimum Gasteiger partial charge on any atom is -0.442 e. The first-order valence-electron chi connectivity index (χ1n) is 11.2. The molecule has 0 unspecified atom stereocenters. The fourth-order valence-corrected chi connectivity index (χ4v) is 4.00. The number of nitrogens with zero attached hydrogens (tertiary/aromatic N) is 5. The van der Waals surface area contributed by atoms with Gasteiger partial charge in [-0.15, -0.1) is 0 Å². The summed E-state index contributed by atoms with van der Waals surface area (Å²) in [6.45, 7) is 4.12. The number of hydrogen-bond acceptors (Lipinski definition) is 8. The van der Waals surface area contributed by atoms with Crippen molar-refractivity contribution in [2.24, 2.45) is 0 Å². The first-order chi connectivity index (χ1) is 16.9. The molecule has 3 heterocycles. The zero-order valence-corrected chi connectivity index (χ0v) is 19.6. The molecular weight excluding hydrogens is 459 g/mol. The number of piperazine rings is 1. The Kier molecular flexibility index (Phi) is 7.39. The SMILES string of the molecule is COCC(=O)N1CCN(c2ncc(-c3ccc(N4C[C@H](CNC(C)=O)OC4=O)cc3F)cn2)CC1. The molecule has 4 rings (SSSR count). The molecule has 35 heavy (non-hydrogen) atoms. The number of rotatable bonds is 7. The highest BCUT2D eigenvalue weighted by atomic mass is 19.1. The van der Waals surface area contributed by atoms with E-state index < -0.39 is 18.0 Å². The maximum Gasteiger partial charge on any atom is 0.414 e. The van der Waals surface area contributed by atoms with Gasteiger partial charge >= 0.3 is 6.09 Å². The van der Waals surface area contributed by atoms with E-state index in [-0.39, 0.29) is 31.5 Å². The van der Waals surface area contributed by atoms with E-state index in [2.05, 4.69) is 15.3 Å². The topological polar surface area (TPSA) is 117 Å². The predicted molar refractivity (Wildman–Crippen MR) is 124 cm³/mol. The Bertz CT molecular complexity index is 1090. The van der Waals surface area contributed by atoms with Gasteiger partial charge in [-0.2, -0.15) is 0 Å². The third-order valence-corrected chi connectivity index (χ3v) is 5.85. The molecule has 12 heteroatoms. The first kappa shape index (κ1) is 24.3. The van der Waals surface area contributed by atoms with Crippen LogP contribution in [-0.2, 0) is 19.1 Å². The van der Waals surface area contributed by atoms with Crippen molar-refractivity contribution in [1.82, 2.24) is 20.2 Å². The Balaban J connectivity index is 1.39. The van der Waals surface area contributed by atoms with Crippen molar-refractivity contribution >= 4 is 29.5 Å². The van der Waals surface area contributed by atoms with E-state index in [1.54, 1.807) is 29.4 Å². The molecule has 2 aliphatic heterocycles. The van der Waals surface area contributed by atoms with Crippen LogP contribution in [0.1, 0.15) is 6.92 Å². The molecule has 2 aliphatic rings. The van der Waals surface area contributed by atoms with Crippen molar-refractivity contribution in [3.05, 3.63) is 36.4 Å². The van der Waals surface area contributed by atoms with Gasteiger partial charge in [-0.1, -0.05) is 0 Å². The molecule has 0 aliphatic carbocycles. The summed E-state index contributed by atoms with van der Waals surface area (Å²) >= 11 is 0. The molecule has 1 aromatic heterocycles. The second-order valence-electron chi connectivity index (χ2n) is 8.29. The molecule has 1 aromatic carbocycles. The van der Waals surface area contributed by atoms with Gasteiger partial charge in [-0.25, -0.2) is 19.2 Å². The Hall–Kier alpha value is -3.80. The van der Waals surface area contributed by atoms with Gasteiger partial charge < -0.3 is 24.6 Å². The molecule has 186 valence electrons. The lowest BCUT2D eigenvalue weighted by molar-refractivity contribution is -0.135. The maximum atomic E-state index is 15.0. The summed E-state index contributed by atoms with van der Waals surface area (Å²) in [5, 5.41) is 2.61. The summed E-state index contributed by atoms with van der Waals surface area (Å²) in [6.07, 6.45) is 2.01. The van der Waals surface area contributed by atoms with Gasteiger partial charge in [0.1, 0.15) is 18.5 Å². The first-order valence-corrected chi connectivity index (χ1v) is 11.2. The minimum absolute atomic E-state index is 0.0484. The summed E-state index contributed by atoms with van der Waals surface area (Å²) in [6, 6.07) is 4.46. The second kappa shape index (κ2) is 10.6. The third-order valence-electron chi connectivity index (χ3n) is 5.85. The lowest BCUT2D eigenvalue weighted by Gasteiger charge is -2.34. The van der Waals surface area contributed by atoms with Crippen LogP contribution in [-0.4, -0.2) is 91.9 Å². The highest BCUT2D eigenvalue weighted by molar-refractivity contribution is 5.90. The van der Waals surface area contributed by atoms with Crippen molar-refractivity contribution in [3.63, 3.8) is 0 Å². The highest BCUT2D eigenvalue weighted by Gasteiger charge is 2.32. The van der Waals surface area contributed by atoms with Crippen LogP contribution >= 0.6 is 0 Å². The number of carbonyl (C=O) groups is 3. The Morgan fingerprint density at radius 3 is 2.54 bits per heavy atom. The number of benzene rings is 1. The van der Waals surface area contributed by atoms with Gasteiger partial charge in [0.2, 0.25) is 17.8 Å². The van der Waals surface area contributed by atoms with E-state index in [4.69, 9.17) is 9.47 Å². The van der Waals surface area contributed by atoms with E-state index in [0.29, 0.717) is 48.9 Å². The van der Waals surface area contributed by atoms with E-state index in [1.807, 2.05) is 4.90 Å². The van der Waals surface area contributed by atoms with Crippen molar-refractivity contribution in [3.8, 4) is 11.1 Å². The summed E-state index contributed by atoms with van der Waals surface area (Å²) in [7, 11) is 1.49. The molecular formula is C23H27FN6O5. The molecule has 2 fully saturated rings. The summed E-state index contributed by atoms with van der Waals surface area (Å²) in [5.41, 5.74) is 1.16. The number of anilines is 2. The summed E-state index contributed by atoms with van der Waals surface area (Å²) in [4.78, 5) is 49.0. The minimum atomic E-state index is -0.593. The summed E-state index contributed by atoms with van der Waals surface area (Å²) in [5.74, 6) is -0.285. The molecule has 1 N–H and O–H groups in total. The zero-order valence-electron chi connectivity index (χ0n) is 19.6. The normalized spacial score (nSPS) is 18.0. The fraction of sp³-hybridized carbons (Fsp3) is 0.435. The lowest BCUT2D eigenvalue weighted by atomic mass is 10.1. The van der Waals surface area contributed by atoms with Crippen LogP contribution in [0.4, 0.5) is 20.8 Å². The average molecular weight is 487 g/mol. The highest BCUT2D eigenvalue weighted by Crippen LogP contribution is 2.29. The van der Waals surface area contributed by atoms with E-state index in [9.17, 15) is 18.8 Å². The number of halogens is 1. The quantitative estimate of drug-likeness (QED) is 0.617. The number of methoxy groups -OCH3 is 1. The molecule has 1 atom stereocenters. The number of carbonyl (C=O) groups excluding carboxylic acids is 3. The molecule has 0 radical (unpaired) electrons. The van der Waals surface area contributed by atoms with Gasteiger partial charge in [0.25, 0.3) is 0 Å². The van der Waals surface area contributed by atoms with Gasteiger partial charge in [0.15, 0.2) is 0 Å². The van der Waals surface area contributed by atoms with E-state index >= 15 is 0 Å². The largest absolute Gasteiger partial charge is 0.442 e. The van der Waals surface area contributed by atoms with Gasteiger partial charge in [-0.05, 0) is 18.2 Å². The van der Waals surface area contributed by atoms with Crippen LogP contribution in [0.2, 0.25) is 0 Å². The molecule has 0 bridgehead atoms. The monoisotopic (exact) mass is 486 g/mol. The molecule has 2 saturated heterocycles. The average Bonchev–Trinajstić information content (AvgIpc) is 3.23. The van der Waals surface area contributed by atoms with Crippen LogP contribution in [0.5, 0.6) is 0 Å². The molecule has 11 nitrogen and oxygen atoms in total. The number of aromatic nitrogens is 2. The van der Waals surface area contributed by atoms with E-state index in [0.717, 1.165) is 0 Å². The van der Waals surface area contributed by atoms with Crippen molar-refractivity contribution < 1.29 is 28.2 Å². The van der Waals surface area contributed by atoms with Crippen LogP contribution in [0.15, 0.2) is 30.6 Å². The van der Waals surface area contributed by atoms with Crippen molar-refractivity contribution in [2.75, 3.05) is 62.8 Å². The number of cyclic esters (lactones) is 1. The van der Waals surface area contributed by atoms with Crippen molar-refractivity contribution in [1.29, 1.82) is 0 Å². The number of amides is 3. The number of hydrogen-bond donors (Lipinski definition) is 1. The molecule has 0 spiro atoms. The second-order valence-corrected chi connectivity index (χ2v) is 8.29. The van der Waals surface area contributed by atoms with Crippen molar-refractivity contribution in [2.45, 2.75) is 13.0 Å². The number of ether oxygens (including phenoxy) is 2. The molecule has 0 saturated carbocycles. The molecule has 3 amide bonds. The van der Waals surface area contributed by atoms with Gasteiger partial charge in [0, 0.05) is 63.7 Å². The molecule has 2 aromatic rings. The van der Waals surface area contributed by atoms with Crippen LogP contribution in [0.25, 0.3) is 11.1 Å². The fourth-order valence-electron chi connectivity index (χ4n) is 4.00.